The Morgan fingerprint density at radius 1 is 1.16 bits per heavy atom. The Kier molecular flexibility index (Phi) is 4.51. The Bertz CT molecular complexity index is 1450. The van der Waals surface area contributed by atoms with Gasteiger partial charge in [-0.05, 0) is 37.1 Å². The van der Waals surface area contributed by atoms with Crippen molar-refractivity contribution in [3.05, 3.63) is 59.7 Å². The van der Waals surface area contributed by atoms with E-state index in [2.05, 4.69) is 32.2 Å². The van der Waals surface area contributed by atoms with Crippen molar-refractivity contribution in [2.24, 2.45) is 5.73 Å². The Balaban J connectivity index is 1.60. The highest BCUT2D eigenvalue weighted by atomic mass is 19.3. The van der Waals surface area contributed by atoms with E-state index in [0.717, 1.165) is 10.8 Å². The molecule has 9 heteroatoms. The highest BCUT2D eigenvalue weighted by Crippen LogP contribution is 2.47. The molecule has 0 atom stereocenters. The van der Waals surface area contributed by atoms with Crippen LogP contribution in [0.5, 0.6) is 0 Å². The van der Waals surface area contributed by atoms with E-state index in [1.807, 2.05) is 6.07 Å². The third-order valence-corrected chi connectivity index (χ3v) is 5.84. The van der Waals surface area contributed by atoms with E-state index in [0.29, 0.717) is 51.1 Å². The molecular formula is C23H18F2N6O. The van der Waals surface area contributed by atoms with Gasteiger partial charge in [0.2, 0.25) is 5.91 Å². The van der Waals surface area contributed by atoms with Crippen LogP contribution in [0.15, 0.2) is 42.9 Å². The van der Waals surface area contributed by atoms with Crippen molar-refractivity contribution < 1.29 is 13.6 Å². The normalized spacial score (nSPS) is 14.4. The van der Waals surface area contributed by atoms with Gasteiger partial charge in [-0.3, -0.25) is 9.78 Å². The molecule has 0 unspecified atom stereocenters. The average molecular weight is 432 g/mol. The Morgan fingerprint density at radius 3 is 2.66 bits per heavy atom. The second kappa shape index (κ2) is 7.27. The minimum atomic E-state index is -2.70. The first-order valence-corrected chi connectivity index (χ1v) is 9.97. The monoisotopic (exact) mass is 432 g/mol. The summed E-state index contributed by atoms with van der Waals surface area (Å²) in [5.41, 5.74) is 7.20. The van der Waals surface area contributed by atoms with Crippen LogP contribution >= 0.6 is 0 Å². The summed E-state index contributed by atoms with van der Waals surface area (Å²) < 4.78 is 26.7. The number of alkyl halides is 2. The van der Waals surface area contributed by atoms with Gasteiger partial charge in [-0.1, -0.05) is 11.8 Å². The molecule has 1 amide bonds. The summed E-state index contributed by atoms with van der Waals surface area (Å²) in [6.07, 6.45) is 6.09. The minimum absolute atomic E-state index is 0.341. The van der Waals surface area contributed by atoms with Crippen LogP contribution < -0.4 is 11.1 Å². The fourth-order valence-corrected chi connectivity index (χ4v) is 3.88. The third-order valence-electron chi connectivity index (χ3n) is 5.84. The van der Waals surface area contributed by atoms with E-state index in [1.165, 1.54) is 6.20 Å². The van der Waals surface area contributed by atoms with E-state index in [9.17, 15) is 13.6 Å². The molecule has 32 heavy (non-hydrogen) atoms. The second-order valence-corrected chi connectivity index (χ2v) is 7.72. The molecule has 1 saturated carbocycles. The number of halogens is 2. The van der Waals surface area contributed by atoms with Gasteiger partial charge < -0.3 is 11.1 Å². The third kappa shape index (κ3) is 3.12. The number of benzene rings is 1. The molecule has 5 rings (SSSR count). The van der Waals surface area contributed by atoms with Gasteiger partial charge in [0, 0.05) is 41.2 Å². The molecule has 1 aliphatic carbocycles. The number of nitrogens with one attached hydrogen (secondary N) is 1. The van der Waals surface area contributed by atoms with E-state index in [1.54, 1.807) is 37.6 Å². The average Bonchev–Trinajstić information content (AvgIpc) is 3.50. The van der Waals surface area contributed by atoms with E-state index in [4.69, 9.17) is 5.73 Å². The molecule has 1 fully saturated rings. The Morgan fingerprint density at radius 2 is 1.97 bits per heavy atom. The maximum atomic E-state index is 13.0. The smallest absolute Gasteiger partial charge is 0.333 e. The van der Waals surface area contributed by atoms with Crippen LogP contribution in [-0.4, -0.2) is 32.7 Å². The van der Waals surface area contributed by atoms with Gasteiger partial charge in [-0.2, -0.15) is 13.9 Å². The molecule has 0 spiro atoms. The molecule has 0 bridgehead atoms. The van der Waals surface area contributed by atoms with Gasteiger partial charge in [-0.25, -0.2) is 9.67 Å². The molecule has 3 heterocycles. The second-order valence-electron chi connectivity index (χ2n) is 7.72. The fraction of sp³-hybridized carbons (Fsp3) is 0.217. The first kappa shape index (κ1) is 19.9. The number of hydrogen-bond acceptors (Lipinski definition) is 5. The van der Waals surface area contributed by atoms with Crippen LogP contribution in [0.4, 0.5) is 14.6 Å². The molecule has 0 radical (unpaired) electrons. The lowest BCUT2D eigenvalue weighted by atomic mass is 9.98. The summed E-state index contributed by atoms with van der Waals surface area (Å²) >= 11 is 0. The predicted octanol–water partition coefficient (Wildman–Crippen LogP) is 3.33. The molecule has 0 saturated heterocycles. The van der Waals surface area contributed by atoms with Gasteiger partial charge in [0.25, 0.3) is 0 Å². The van der Waals surface area contributed by atoms with Crippen molar-refractivity contribution in [1.82, 2.24) is 19.7 Å². The molecule has 160 valence electrons. The van der Waals surface area contributed by atoms with Gasteiger partial charge in [-0.15, -0.1) is 0 Å². The topological polar surface area (TPSA) is 98.7 Å². The SMILES string of the molecule is CNc1ncc(C#Cc2ccc3c(cnn3C(F)F)c2)c2cc(C3(C(N)=O)CC3)ncc12. The highest BCUT2D eigenvalue weighted by molar-refractivity contribution is 5.97. The molecule has 3 N–H and O–H groups in total. The Hall–Kier alpha value is -4.06. The number of carbonyl (C=O) groups excluding carboxylic acids is 1. The summed E-state index contributed by atoms with van der Waals surface area (Å²) in [6.45, 7) is -2.70. The van der Waals surface area contributed by atoms with Crippen molar-refractivity contribution in [3.8, 4) is 11.8 Å². The van der Waals surface area contributed by atoms with Crippen molar-refractivity contribution in [1.29, 1.82) is 0 Å². The van der Waals surface area contributed by atoms with Gasteiger partial charge >= 0.3 is 6.55 Å². The van der Waals surface area contributed by atoms with Crippen LogP contribution in [0, 0.1) is 11.8 Å². The van der Waals surface area contributed by atoms with Crippen molar-refractivity contribution in [2.45, 2.75) is 24.8 Å². The number of nitrogens with two attached hydrogens (primary N) is 1. The number of fused-ring (bicyclic) bond motifs is 2. The zero-order chi connectivity index (χ0) is 22.5. The predicted molar refractivity (Wildman–Crippen MR) is 116 cm³/mol. The van der Waals surface area contributed by atoms with Gasteiger partial charge in [0.1, 0.15) is 5.82 Å². The minimum Gasteiger partial charge on any atom is -0.373 e. The maximum Gasteiger partial charge on any atom is 0.333 e. The number of hydrogen-bond donors (Lipinski definition) is 2. The summed E-state index contributed by atoms with van der Waals surface area (Å²) in [7, 11) is 1.77. The maximum absolute atomic E-state index is 13.0. The number of primary amides is 1. The number of aromatic nitrogens is 4. The first-order valence-electron chi connectivity index (χ1n) is 9.97. The van der Waals surface area contributed by atoms with Crippen LogP contribution in [-0.2, 0) is 10.2 Å². The number of rotatable bonds is 4. The van der Waals surface area contributed by atoms with Crippen LogP contribution in [0.2, 0.25) is 0 Å². The lowest BCUT2D eigenvalue weighted by Crippen LogP contribution is -2.29. The van der Waals surface area contributed by atoms with Crippen LogP contribution in [0.1, 0.15) is 36.2 Å². The molecule has 1 aliphatic rings. The number of anilines is 1. The molecule has 3 aromatic heterocycles. The Labute approximate surface area is 181 Å². The summed E-state index contributed by atoms with van der Waals surface area (Å²) in [4.78, 5) is 20.9. The highest BCUT2D eigenvalue weighted by Gasteiger charge is 2.51. The lowest BCUT2D eigenvalue weighted by molar-refractivity contribution is -0.120. The summed E-state index contributed by atoms with van der Waals surface area (Å²) in [6, 6.07) is 6.82. The van der Waals surface area contributed by atoms with E-state index in [-0.39, 0.29) is 5.91 Å². The largest absolute Gasteiger partial charge is 0.373 e. The van der Waals surface area contributed by atoms with E-state index >= 15 is 0 Å². The van der Waals surface area contributed by atoms with Crippen molar-refractivity contribution in [2.75, 3.05) is 12.4 Å². The fourth-order valence-electron chi connectivity index (χ4n) is 3.88. The zero-order valence-corrected chi connectivity index (χ0v) is 17.1. The van der Waals surface area contributed by atoms with E-state index < -0.39 is 12.0 Å². The van der Waals surface area contributed by atoms with Gasteiger partial charge in [0.15, 0.2) is 0 Å². The van der Waals surface area contributed by atoms with Gasteiger partial charge in [0.05, 0.1) is 28.4 Å². The van der Waals surface area contributed by atoms with Crippen LogP contribution in [0.3, 0.4) is 0 Å². The standard InChI is InChI=1S/C23H18F2N6O/c1-27-20-17-12-28-19(23(6-7-23)21(26)32)9-16(17)14(10-29-20)4-2-13-3-5-18-15(8-13)11-30-31(18)22(24)25/h3,5,8-12,22H,6-7H2,1H3,(H2,26,32)(H,27,29). The molecule has 7 nitrogen and oxygen atoms in total. The summed E-state index contributed by atoms with van der Waals surface area (Å²) in [5.74, 6) is 6.46. The molecule has 4 aromatic rings. The number of amides is 1. The number of pyridine rings is 2. The number of nitrogens with zero attached hydrogens (tertiary/aromatic N) is 4. The first-order chi connectivity index (χ1) is 15.4. The number of carbonyl (C=O) groups is 1. The zero-order valence-electron chi connectivity index (χ0n) is 17.1. The molecule has 0 aliphatic heterocycles. The molecular weight excluding hydrogens is 414 g/mol. The molecule has 1 aromatic carbocycles. The van der Waals surface area contributed by atoms with Crippen molar-refractivity contribution in [3.63, 3.8) is 0 Å². The quantitative estimate of drug-likeness (QED) is 0.482. The summed E-state index contributed by atoms with van der Waals surface area (Å²) in [5, 5.41) is 8.92. The van der Waals surface area contributed by atoms with Crippen LogP contribution in [0.25, 0.3) is 21.7 Å². The lowest BCUT2D eigenvalue weighted by Gasteiger charge is -2.13. The van der Waals surface area contributed by atoms with Crippen molar-refractivity contribution >= 4 is 33.4 Å².